The van der Waals surface area contributed by atoms with Crippen LogP contribution in [0.15, 0.2) is 35.7 Å². The second-order valence-electron chi connectivity index (χ2n) is 6.42. The Labute approximate surface area is 178 Å². The summed E-state index contributed by atoms with van der Waals surface area (Å²) in [6.45, 7) is 6.21. The highest BCUT2D eigenvalue weighted by molar-refractivity contribution is 7.09. The average Bonchev–Trinajstić information content (AvgIpc) is 3.27. The van der Waals surface area contributed by atoms with Crippen LogP contribution in [-0.2, 0) is 12.8 Å². The third-order valence-electron chi connectivity index (χ3n) is 4.32. The monoisotopic (exact) mass is 432 g/mol. The van der Waals surface area contributed by atoms with Crippen molar-refractivity contribution in [1.29, 1.82) is 0 Å². The van der Waals surface area contributed by atoms with Crippen LogP contribution < -0.4 is 0 Å². The minimum Gasteiger partial charge on any atom is -0.149 e. The number of rotatable bonds is 5. The molecule has 2 aromatic rings. The van der Waals surface area contributed by atoms with Crippen LogP contribution in [0.5, 0.6) is 0 Å². The number of alkyl halides is 1. The Balaban J connectivity index is 0.000000284. The van der Waals surface area contributed by atoms with E-state index in [2.05, 4.69) is 24.4 Å². The quantitative estimate of drug-likeness (QED) is 0.412. The van der Waals surface area contributed by atoms with Gasteiger partial charge in [-0.25, -0.2) is 0 Å². The highest BCUT2D eigenvalue weighted by Gasteiger charge is 2.22. The summed E-state index contributed by atoms with van der Waals surface area (Å²) >= 11 is 19.9. The molecule has 1 fully saturated rings. The molecule has 0 radical (unpaired) electrons. The van der Waals surface area contributed by atoms with Gasteiger partial charge in [-0.2, -0.15) is 0 Å². The fourth-order valence-corrected chi connectivity index (χ4v) is 4.86. The summed E-state index contributed by atoms with van der Waals surface area (Å²) < 4.78 is 0. The van der Waals surface area contributed by atoms with E-state index in [1.165, 1.54) is 42.5 Å². The molecule has 2 unspecified atom stereocenters. The summed E-state index contributed by atoms with van der Waals surface area (Å²) in [7, 11) is 0. The molecule has 1 heterocycles. The molecule has 1 aromatic heterocycles. The van der Waals surface area contributed by atoms with E-state index in [1.54, 1.807) is 6.07 Å². The van der Waals surface area contributed by atoms with E-state index < -0.39 is 0 Å². The largest absolute Gasteiger partial charge is 0.149 e. The maximum Gasteiger partial charge on any atom is 0.0423 e. The Morgan fingerprint density at radius 2 is 1.73 bits per heavy atom. The molecule has 1 saturated carbocycles. The molecule has 1 aromatic carbocycles. The smallest absolute Gasteiger partial charge is 0.0423 e. The molecule has 0 bridgehead atoms. The van der Waals surface area contributed by atoms with Gasteiger partial charge in [-0.3, -0.25) is 0 Å². The molecule has 0 nitrogen and oxygen atoms in total. The van der Waals surface area contributed by atoms with Crippen molar-refractivity contribution in [2.24, 2.45) is 5.92 Å². The Bertz CT molecular complexity index is 575. The highest BCUT2D eigenvalue weighted by Crippen LogP contribution is 2.33. The number of aryl methyl sites for hydroxylation is 2. The van der Waals surface area contributed by atoms with Crippen LogP contribution in [0.2, 0.25) is 10.0 Å². The SMILES string of the molecule is CC.CCCc1cccs1.Clc1cc(Cl)cc(CCC2CCC(Cl)C2)c1. The number of thiophene rings is 1. The minimum atomic E-state index is 0.396. The van der Waals surface area contributed by atoms with Gasteiger partial charge in [0, 0.05) is 20.3 Å². The summed E-state index contributed by atoms with van der Waals surface area (Å²) in [4.78, 5) is 1.51. The van der Waals surface area contributed by atoms with Crippen molar-refractivity contribution in [3.63, 3.8) is 0 Å². The normalized spacial score (nSPS) is 18.5. The Kier molecular flexibility index (Phi) is 12.7. The van der Waals surface area contributed by atoms with Crippen LogP contribution in [0.25, 0.3) is 0 Å². The molecule has 0 aliphatic heterocycles. The molecule has 1 aliphatic rings. The summed E-state index contributed by atoms with van der Waals surface area (Å²) in [5.74, 6) is 0.778. The minimum absolute atomic E-state index is 0.396. The Morgan fingerprint density at radius 1 is 1.04 bits per heavy atom. The van der Waals surface area contributed by atoms with Crippen molar-refractivity contribution in [1.82, 2.24) is 0 Å². The van der Waals surface area contributed by atoms with Crippen molar-refractivity contribution in [3.05, 3.63) is 56.2 Å². The maximum atomic E-state index is 6.10. The van der Waals surface area contributed by atoms with Gasteiger partial charge in [0.15, 0.2) is 0 Å². The summed E-state index contributed by atoms with van der Waals surface area (Å²) in [5.41, 5.74) is 1.23. The van der Waals surface area contributed by atoms with Crippen molar-refractivity contribution < 1.29 is 0 Å². The number of benzene rings is 1. The fourth-order valence-electron chi connectivity index (χ4n) is 3.10. The standard InChI is InChI=1S/C13H15Cl3.C7H10S.C2H6/c14-11-4-3-9(5-11)1-2-10-6-12(15)8-13(16)7-10;1-2-4-7-5-3-6-8-7;1-2/h6-9,11H,1-5H2;3,5-6H,2,4H2,1H3;1-2H3. The molecule has 0 amide bonds. The predicted octanol–water partition coefficient (Wildman–Crippen LogP) is 9.06. The first-order chi connectivity index (χ1) is 12.6. The van der Waals surface area contributed by atoms with Crippen LogP contribution in [0, 0.1) is 5.92 Å². The van der Waals surface area contributed by atoms with Crippen molar-refractivity contribution in [2.45, 2.75) is 71.1 Å². The first-order valence-electron chi connectivity index (χ1n) is 9.68. The van der Waals surface area contributed by atoms with Crippen LogP contribution in [0.3, 0.4) is 0 Å². The van der Waals surface area contributed by atoms with Crippen molar-refractivity contribution in [3.8, 4) is 0 Å². The van der Waals surface area contributed by atoms with E-state index >= 15 is 0 Å². The Morgan fingerprint density at radius 3 is 2.23 bits per heavy atom. The topological polar surface area (TPSA) is 0 Å². The summed E-state index contributed by atoms with van der Waals surface area (Å²) in [6, 6.07) is 10.1. The van der Waals surface area contributed by atoms with Gasteiger partial charge in [0.25, 0.3) is 0 Å². The molecule has 3 rings (SSSR count). The van der Waals surface area contributed by atoms with Crippen LogP contribution in [0.4, 0.5) is 0 Å². The van der Waals surface area contributed by atoms with E-state index in [0.29, 0.717) is 5.38 Å². The third-order valence-corrected chi connectivity index (χ3v) is 6.09. The molecule has 0 spiro atoms. The molecule has 1 aliphatic carbocycles. The second kappa shape index (κ2) is 13.9. The van der Waals surface area contributed by atoms with Crippen LogP contribution in [0.1, 0.15) is 63.3 Å². The van der Waals surface area contributed by atoms with Gasteiger partial charge in [0.05, 0.1) is 0 Å². The first-order valence-corrected chi connectivity index (χ1v) is 11.8. The van der Waals surface area contributed by atoms with Crippen LogP contribution in [-0.4, -0.2) is 5.38 Å². The van der Waals surface area contributed by atoms with Gasteiger partial charge in [-0.1, -0.05) is 56.5 Å². The van der Waals surface area contributed by atoms with Crippen molar-refractivity contribution in [2.75, 3.05) is 0 Å². The second-order valence-corrected chi connectivity index (χ2v) is 8.94. The van der Waals surface area contributed by atoms with Crippen molar-refractivity contribution >= 4 is 46.1 Å². The van der Waals surface area contributed by atoms with Gasteiger partial charge in [0.2, 0.25) is 0 Å². The lowest BCUT2D eigenvalue weighted by Gasteiger charge is -2.09. The molecular weight excluding hydrogens is 403 g/mol. The zero-order valence-corrected chi connectivity index (χ0v) is 19.2. The molecule has 4 heteroatoms. The first kappa shape index (κ1) is 23.8. The van der Waals surface area contributed by atoms with Gasteiger partial charge in [-0.15, -0.1) is 22.9 Å². The van der Waals surface area contributed by atoms with Gasteiger partial charge >= 0.3 is 0 Å². The number of hydrogen-bond donors (Lipinski definition) is 0. The van der Waals surface area contributed by atoms with Gasteiger partial charge in [0.1, 0.15) is 0 Å². The molecular formula is C22H31Cl3S. The van der Waals surface area contributed by atoms with E-state index in [-0.39, 0.29) is 0 Å². The molecule has 146 valence electrons. The summed E-state index contributed by atoms with van der Waals surface area (Å²) in [6.07, 6.45) is 8.35. The molecule has 0 N–H and O–H groups in total. The zero-order chi connectivity index (χ0) is 19.4. The van der Waals surface area contributed by atoms with E-state index in [4.69, 9.17) is 34.8 Å². The number of hydrogen-bond acceptors (Lipinski definition) is 1. The van der Waals surface area contributed by atoms with Crippen LogP contribution >= 0.6 is 46.1 Å². The zero-order valence-electron chi connectivity index (χ0n) is 16.1. The molecule has 26 heavy (non-hydrogen) atoms. The Hall–Kier alpha value is -0.210. The third kappa shape index (κ3) is 9.65. The van der Waals surface area contributed by atoms with Gasteiger partial charge < -0.3 is 0 Å². The summed E-state index contributed by atoms with van der Waals surface area (Å²) in [5, 5.41) is 3.98. The van der Waals surface area contributed by atoms with E-state index in [1.807, 2.05) is 37.3 Å². The average molecular weight is 434 g/mol. The maximum absolute atomic E-state index is 6.10. The fraction of sp³-hybridized carbons (Fsp3) is 0.545. The molecule has 2 atom stereocenters. The number of halogens is 3. The lowest BCUT2D eigenvalue weighted by molar-refractivity contribution is 0.504. The highest BCUT2D eigenvalue weighted by atomic mass is 35.5. The predicted molar refractivity (Wildman–Crippen MR) is 121 cm³/mol. The molecule has 0 saturated heterocycles. The van der Waals surface area contributed by atoms with E-state index in [9.17, 15) is 0 Å². The lowest BCUT2D eigenvalue weighted by atomic mass is 9.98. The van der Waals surface area contributed by atoms with Gasteiger partial charge in [-0.05, 0) is 79.7 Å². The lowest BCUT2D eigenvalue weighted by Crippen LogP contribution is -1.98. The van der Waals surface area contributed by atoms with E-state index in [0.717, 1.165) is 28.8 Å².